The minimum absolute atomic E-state index is 0.164. The zero-order valence-corrected chi connectivity index (χ0v) is 16.0. The standard InChI is InChI=1S/C20H22N2O3S/c1-20(2,3)17-9-10-18(19(13-17)26(23,24)25)22-12-11-21(15-22)14-16-7-5-4-6-8-16/h4-13,15H,14H2,1-3H3/p+1. The number of nitrogens with zero attached hydrogens (tertiary/aromatic N) is 1. The molecule has 26 heavy (non-hydrogen) atoms. The predicted molar refractivity (Wildman–Crippen MR) is 99.3 cm³/mol. The average molecular weight is 371 g/mol. The lowest BCUT2D eigenvalue weighted by Gasteiger charge is -2.21. The lowest BCUT2D eigenvalue weighted by Crippen LogP contribution is -3.00. The van der Waals surface area contributed by atoms with Gasteiger partial charge in [-0.25, -0.2) is 8.42 Å². The molecule has 0 spiro atoms. The maximum Gasteiger partial charge on any atom is 0.340 e. The number of benzene rings is 2. The second-order valence-electron chi connectivity index (χ2n) is 7.47. The van der Waals surface area contributed by atoms with Crippen LogP contribution in [0, 0.1) is 0 Å². The fourth-order valence-electron chi connectivity index (χ4n) is 2.93. The van der Waals surface area contributed by atoms with Gasteiger partial charge in [-0.05, 0) is 17.0 Å². The molecule has 0 saturated heterocycles. The topological polar surface area (TPSA) is 64.7 Å². The Bertz CT molecular complexity index is 972. The largest absolute Gasteiger partial charge is 0.744 e. The molecule has 1 aliphatic rings. The van der Waals surface area contributed by atoms with E-state index in [1.165, 1.54) is 6.07 Å². The van der Waals surface area contributed by atoms with Crippen molar-refractivity contribution in [1.82, 2.24) is 0 Å². The molecule has 0 bridgehead atoms. The SMILES string of the molecule is CC(C)(C)c1ccc([NH+]2C=C[N+](Cc3ccccc3)=C2)c(S(=O)(=O)[O-])c1. The van der Waals surface area contributed by atoms with Gasteiger partial charge in [0.15, 0.2) is 18.4 Å². The summed E-state index contributed by atoms with van der Waals surface area (Å²) in [6.07, 6.45) is 5.60. The molecular formula is C20H23N2O3S+. The molecule has 0 saturated carbocycles. The van der Waals surface area contributed by atoms with Crippen LogP contribution in [-0.2, 0) is 22.1 Å². The van der Waals surface area contributed by atoms with Crippen molar-refractivity contribution >= 4 is 22.1 Å². The fourth-order valence-corrected chi connectivity index (χ4v) is 3.65. The first-order valence-electron chi connectivity index (χ1n) is 8.45. The highest BCUT2D eigenvalue weighted by atomic mass is 32.2. The molecule has 1 unspecified atom stereocenters. The number of nitrogens with one attached hydrogen (secondary N) is 1. The third-order valence-electron chi connectivity index (χ3n) is 4.39. The van der Waals surface area contributed by atoms with Crippen LogP contribution in [0.5, 0.6) is 0 Å². The van der Waals surface area contributed by atoms with Crippen LogP contribution in [-0.4, -0.2) is 23.9 Å². The quantitative estimate of drug-likeness (QED) is 0.661. The molecule has 0 amide bonds. The van der Waals surface area contributed by atoms with Crippen molar-refractivity contribution in [2.24, 2.45) is 0 Å². The van der Waals surface area contributed by atoms with Gasteiger partial charge < -0.3 is 4.55 Å². The van der Waals surface area contributed by atoms with E-state index < -0.39 is 10.1 Å². The Hall–Kier alpha value is -2.28. The number of quaternary nitrogens is 1. The summed E-state index contributed by atoms with van der Waals surface area (Å²) in [5.41, 5.74) is 2.17. The normalized spacial score (nSPS) is 17.4. The van der Waals surface area contributed by atoms with Gasteiger partial charge in [0.25, 0.3) is 0 Å². The molecule has 3 rings (SSSR count). The first-order chi connectivity index (χ1) is 12.1. The molecule has 1 aliphatic heterocycles. The second kappa shape index (κ2) is 6.79. The van der Waals surface area contributed by atoms with Crippen molar-refractivity contribution in [3.63, 3.8) is 0 Å². The molecule has 2 aromatic rings. The summed E-state index contributed by atoms with van der Waals surface area (Å²) in [6.45, 7) is 6.64. The van der Waals surface area contributed by atoms with Gasteiger partial charge in [-0.2, -0.15) is 4.90 Å². The maximum atomic E-state index is 11.8. The van der Waals surface area contributed by atoms with Gasteiger partial charge in [-0.1, -0.05) is 57.2 Å². The Morgan fingerprint density at radius 1 is 1.08 bits per heavy atom. The van der Waals surface area contributed by atoms with Gasteiger partial charge >= 0.3 is 6.34 Å². The molecule has 0 fully saturated rings. The zero-order chi connectivity index (χ0) is 18.9. The predicted octanol–water partition coefficient (Wildman–Crippen LogP) is 2.13. The first-order valence-corrected chi connectivity index (χ1v) is 9.86. The van der Waals surface area contributed by atoms with E-state index in [4.69, 9.17) is 0 Å². The number of hydrogen-bond donors (Lipinski definition) is 1. The van der Waals surface area contributed by atoms with Crippen molar-refractivity contribution in [3.8, 4) is 0 Å². The van der Waals surface area contributed by atoms with Crippen LogP contribution in [0.3, 0.4) is 0 Å². The van der Waals surface area contributed by atoms with E-state index in [2.05, 4.69) is 0 Å². The third-order valence-corrected chi connectivity index (χ3v) is 5.26. The maximum absolute atomic E-state index is 11.8. The Morgan fingerprint density at radius 3 is 2.38 bits per heavy atom. The molecule has 136 valence electrons. The Morgan fingerprint density at radius 2 is 1.77 bits per heavy atom. The summed E-state index contributed by atoms with van der Waals surface area (Å²) in [5, 5.41) is 0. The van der Waals surface area contributed by atoms with Gasteiger partial charge in [0.05, 0.1) is 0 Å². The lowest BCUT2D eigenvalue weighted by molar-refractivity contribution is -0.677. The van der Waals surface area contributed by atoms with E-state index in [0.717, 1.165) is 16.0 Å². The highest BCUT2D eigenvalue weighted by Crippen LogP contribution is 2.28. The van der Waals surface area contributed by atoms with Crippen LogP contribution < -0.4 is 4.90 Å². The van der Waals surface area contributed by atoms with E-state index in [9.17, 15) is 13.0 Å². The van der Waals surface area contributed by atoms with Gasteiger partial charge in [0.2, 0.25) is 6.20 Å². The first kappa shape index (κ1) is 18.5. The highest BCUT2D eigenvalue weighted by Gasteiger charge is 2.27. The monoisotopic (exact) mass is 371 g/mol. The number of hydrogen-bond acceptors (Lipinski definition) is 3. The van der Waals surface area contributed by atoms with Crippen LogP contribution >= 0.6 is 0 Å². The molecule has 6 heteroatoms. The summed E-state index contributed by atoms with van der Waals surface area (Å²) < 4.78 is 37.5. The van der Waals surface area contributed by atoms with Crippen molar-refractivity contribution in [2.75, 3.05) is 0 Å². The molecule has 0 radical (unpaired) electrons. The van der Waals surface area contributed by atoms with Crippen molar-refractivity contribution in [2.45, 2.75) is 37.6 Å². The van der Waals surface area contributed by atoms with Gasteiger partial charge in [-0.3, -0.25) is 0 Å². The summed E-state index contributed by atoms with van der Waals surface area (Å²) in [5.74, 6) is 0. The van der Waals surface area contributed by atoms with Crippen LogP contribution in [0.25, 0.3) is 0 Å². The van der Waals surface area contributed by atoms with E-state index in [1.807, 2.05) is 80.5 Å². The molecule has 0 aliphatic carbocycles. The van der Waals surface area contributed by atoms with E-state index >= 15 is 0 Å². The molecule has 1 N–H and O–H groups in total. The average Bonchev–Trinajstić information content (AvgIpc) is 3.02. The van der Waals surface area contributed by atoms with Crippen molar-refractivity contribution in [3.05, 3.63) is 72.1 Å². The molecule has 1 atom stereocenters. The third kappa shape index (κ3) is 4.09. The summed E-state index contributed by atoms with van der Waals surface area (Å²) >= 11 is 0. The second-order valence-corrected chi connectivity index (χ2v) is 8.82. The Balaban J connectivity index is 1.96. The molecule has 0 aromatic heterocycles. The van der Waals surface area contributed by atoms with Crippen LogP contribution in [0.15, 0.2) is 65.8 Å². The summed E-state index contributed by atoms with van der Waals surface area (Å²) in [4.78, 5) is 0.554. The summed E-state index contributed by atoms with van der Waals surface area (Å²) in [7, 11) is -4.57. The minimum atomic E-state index is -4.57. The van der Waals surface area contributed by atoms with Gasteiger partial charge in [0, 0.05) is 11.6 Å². The molecule has 1 heterocycles. The van der Waals surface area contributed by atoms with E-state index in [-0.39, 0.29) is 10.3 Å². The Kier molecular flexibility index (Phi) is 4.84. The number of rotatable bonds is 4. The summed E-state index contributed by atoms with van der Waals surface area (Å²) in [6, 6.07) is 15.1. The zero-order valence-electron chi connectivity index (χ0n) is 15.1. The van der Waals surface area contributed by atoms with Gasteiger partial charge in [0.1, 0.15) is 15.0 Å². The van der Waals surface area contributed by atoms with Crippen LogP contribution in [0.4, 0.5) is 5.69 Å². The minimum Gasteiger partial charge on any atom is -0.744 e. The van der Waals surface area contributed by atoms with Crippen molar-refractivity contribution < 1.29 is 22.4 Å². The fraction of sp³-hybridized carbons (Fsp3) is 0.250. The molecule has 5 nitrogen and oxygen atoms in total. The van der Waals surface area contributed by atoms with Crippen LogP contribution in [0.1, 0.15) is 31.9 Å². The lowest BCUT2D eigenvalue weighted by atomic mass is 9.87. The van der Waals surface area contributed by atoms with Crippen LogP contribution in [0.2, 0.25) is 0 Å². The smallest absolute Gasteiger partial charge is 0.340 e. The molecule has 2 aromatic carbocycles. The van der Waals surface area contributed by atoms with E-state index in [1.54, 1.807) is 6.07 Å². The Labute approximate surface area is 154 Å². The van der Waals surface area contributed by atoms with Crippen molar-refractivity contribution in [1.29, 1.82) is 0 Å². The molecular weight excluding hydrogens is 348 g/mol. The van der Waals surface area contributed by atoms with E-state index in [0.29, 0.717) is 12.2 Å². The van der Waals surface area contributed by atoms with Gasteiger partial charge in [-0.15, -0.1) is 4.58 Å². The highest BCUT2D eigenvalue weighted by molar-refractivity contribution is 7.85.